The zero-order valence-corrected chi connectivity index (χ0v) is 25.5. The molecule has 5 rings (SSSR count). The minimum Gasteiger partial charge on any atom is -0.494 e. The summed E-state index contributed by atoms with van der Waals surface area (Å²) in [6.45, 7) is 0.596. The molecule has 1 aliphatic rings. The van der Waals surface area contributed by atoms with Crippen molar-refractivity contribution >= 4 is 6.09 Å². The molecular formula is C36H35F4NO6. The third kappa shape index (κ3) is 9.54. The normalized spacial score (nSPS) is 17.9. The zero-order chi connectivity index (χ0) is 33.2. The van der Waals surface area contributed by atoms with Crippen LogP contribution in [-0.4, -0.2) is 54.6 Å². The van der Waals surface area contributed by atoms with Crippen LogP contribution in [0.1, 0.15) is 34.6 Å². The van der Waals surface area contributed by atoms with Gasteiger partial charge in [0.05, 0.1) is 58.3 Å². The van der Waals surface area contributed by atoms with Crippen LogP contribution >= 0.6 is 0 Å². The molecule has 0 radical (unpaired) electrons. The van der Waals surface area contributed by atoms with Crippen molar-refractivity contribution in [1.29, 1.82) is 0 Å². The van der Waals surface area contributed by atoms with Crippen LogP contribution in [0.4, 0.5) is 22.4 Å². The van der Waals surface area contributed by atoms with Crippen LogP contribution < -0.4 is 4.74 Å². The van der Waals surface area contributed by atoms with E-state index in [1.807, 2.05) is 30.3 Å². The highest BCUT2D eigenvalue weighted by Crippen LogP contribution is 2.35. The molecule has 1 amide bonds. The van der Waals surface area contributed by atoms with Crippen LogP contribution in [-0.2, 0) is 34.0 Å². The summed E-state index contributed by atoms with van der Waals surface area (Å²) >= 11 is 0. The molecule has 3 atom stereocenters. The van der Waals surface area contributed by atoms with Crippen molar-refractivity contribution in [3.63, 3.8) is 0 Å². The van der Waals surface area contributed by atoms with E-state index in [1.165, 1.54) is 0 Å². The Balaban J connectivity index is 1.30. The minimum absolute atomic E-state index is 0.0352. The summed E-state index contributed by atoms with van der Waals surface area (Å²) in [6, 6.07) is 22.9. The Morgan fingerprint density at radius 1 is 0.723 bits per heavy atom. The summed E-state index contributed by atoms with van der Waals surface area (Å²) in [4.78, 5) is 13.2. The summed E-state index contributed by atoms with van der Waals surface area (Å²) in [7, 11) is 0. The molecule has 0 bridgehead atoms. The lowest BCUT2D eigenvalue weighted by Crippen LogP contribution is -2.54. The highest BCUT2D eigenvalue weighted by atomic mass is 19.1. The largest absolute Gasteiger partial charge is 0.494 e. The Hall–Kier alpha value is -4.45. The number of nitrogens with zero attached hydrogens (tertiary/aromatic N) is 1. The summed E-state index contributed by atoms with van der Waals surface area (Å²) in [5, 5.41) is 9.86. The van der Waals surface area contributed by atoms with Crippen molar-refractivity contribution in [2.45, 2.75) is 44.4 Å². The standard InChI is InChI=1S/C36H35F4NO6/c37-28-9-13-31(39)26(17-28)22-46-33-19-41(36(42)43)20-34(47-23-27-18-29(38)10-14-32(27)40)35(33)25-7-11-30(12-8-25)45-16-4-15-44-21-24-5-2-1-3-6-24/h1-3,5-14,17-18,33-35H,4,15-16,19-23H2,(H,42,43)/t33-,34+,35-. The van der Waals surface area contributed by atoms with Gasteiger partial charge in [-0.15, -0.1) is 0 Å². The quantitative estimate of drug-likeness (QED) is 0.112. The van der Waals surface area contributed by atoms with Gasteiger partial charge >= 0.3 is 6.09 Å². The molecule has 0 aliphatic carbocycles. The predicted octanol–water partition coefficient (Wildman–Crippen LogP) is 7.48. The van der Waals surface area contributed by atoms with Gasteiger partial charge in [-0.1, -0.05) is 42.5 Å². The lowest BCUT2D eigenvalue weighted by molar-refractivity contribution is -0.0944. The van der Waals surface area contributed by atoms with E-state index in [2.05, 4.69) is 0 Å². The Kier molecular flexibility index (Phi) is 11.8. The van der Waals surface area contributed by atoms with Gasteiger partial charge in [0.1, 0.15) is 29.0 Å². The van der Waals surface area contributed by atoms with Crippen LogP contribution in [0, 0.1) is 23.3 Å². The molecule has 248 valence electrons. The molecule has 47 heavy (non-hydrogen) atoms. The van der Waals surface area contributed by atoms with Gasteiger partial charge in [-0.2, -0.15) is 0 Å². The molecule has 1 saturated heterocycles. The topological polar surface area (TPSA) is 77.5 Å². The van der Waals surface area contributed by atoms with Gasteiger partial charge in [0.2, 0.25) is 0 Å². The fraction of sp³-hybridized carbons (Fsp3) is 0.306. The second-order valence-electron chi connectivity index (χ2n) is 11.2. The first-order chi connectivity index (χ1) is 22.8. The van der Waals surface area contributed by atoms with E-state index in [9.17, 15) is 27.5 Å². The number of hydrogen-bond acceptors (Lipinski definition) is 5. The van der Waals surface area contributed by atoms with Crippen LogP contribution in [0.25, 0.3) is 0 Å². The first kappa shape index (κ1) is 33.9. The molecular weight excluding hydrogens is 618 g/mol. The Labute approximate surface area is 270 Å². The molecule has 7 nitrogen and oxygen atoms in total. The maximum atomic E-state index is 14.4. The van der Waals surface area contributed by atoms with Crippen molar-refractivity contribution in [1.82, 2.24) is 4.90 Å². The maximum absolute atomic E-state index is 14.4. The van der Waals surface area contributed by atoms with E-state index < -0.39 is 47.5 Å². The highest BCUT2D eigenvalue weighted by Gasteiger charge is 2.41. The van der Waals surface area contributed by atoms with Crippen LogP contribution in [0.2, 0.25) is 0 Å². The third-order valence-corrected chi connectivity index (χ3v) is 7.87. The lowest BCUT2D eigenvalue weighted by Gasteiger charge is -2.42. The molecule has 0 aromatic heterocycles. The van der Waals surface area contributed by atoms with Gasteiger partial charge in [-0.05, 0) is 59.7 Å². The average molecular weight is 654 g/mol. The Bertz CT molecular complexity index is 1540. The van der Waals surface area contributed by atoms with E-state index in [1.54, 1.807) is 24.3 Å². The summed E-state index contributed by atoms with van der Waals surface area (Å²) in [5.41, 5.74) is 1.71. The van der Waals surface area contributed by atoms with E-state index in [0.29, 0.717) is 37.6 Å². The first-order valence-corrected chi connectivity index (χ1v) is 15.2. The molecule has 0 unspecified atom stereocenters. The molecule has 4 aromatic rings. The number of halogens is 4. The van der Waals surface area contributed by atoms with Gasteiger partial charge in [-0.3, -0.25) is 0 Å². The molecule has 11 heteroatoms. The lowest BCUT2D eigenvalue weighted by atomic mass is 9.84. The number of carboxylic acid groups (broad SMARTS) is 1. The summed E-state index contributed by atoms with van der Waals surface area (Å²) in [5.74, 6) is -2.65. The first-order valence-electron chi connectivity index (χ1n) is 15.2. The van der Waals surface area contributed by atoms with Crippen molar-refractivity contribution in [2.24, 2.45) is 0 Å². The molecule has 0 saturated carbocycles. The number of rotatable bonds is 14. The second-order valence-corrected chi connectivity index (χ2v) is 11.2. The highest BCUT2D eigenvalue weighted by molar-refractivity contribution is 5.65. The molecule has 1 N–H and O–H groups in total. The van der Waals surface area contributed by atoms with Gasteiger partial charge < -0.3 is 29.0 Å². The Morgan fingerprint density at radius 2 is 1.30 bits per heavy atom. The molecule has 1 fully saturated rings. The molecule has 1 heterocycles. The van der Waals surface area contributed by atoms with Gasteiger partial charge in [0, 0.05) is 23.5 Å². The fourth-order valence-electron chi connectivity index (χ4n) is 5.48. The van der Waals surface area contributed by atoms with Crippen LogP contribution in [0.3, 0.4) is 0 Å². The zero-order valence-electron chi connectivity index (χ0n) is 25.5. The molecule has 4 aromatic carbocycles. The van der Waals surface area contributed by atoms with Crippen molar-refractivity contribution in [3.8, 4) is 5.75 Å². The van der Waals surface area contributed by atoms with Crippen molar-refractivity contribution < 1.29 is 46.4 Å². The fourth-order valence-corrected chi connectivity index (χ4v) is 5.48. The third-order valence-electron chi connectivity index (χ3n) is 7.87. The molecule has 0 spiro atoms. The maximum Gasteiger partial charge on any atom is 0.407 e. The number of amides is 1. The second kappa shape index (κ2) is 16.4. The van der Waals surface area contributed by atoms with Crippen molar-refractivity contribution in [3.05, 3.63) is 137 Å². The average Bonchev–Trinajstić information content (AvgIpc) is 3.07. The van der Waals surface area contributed by atoms with Gasteiger partial charge in [-0.25, -0.2) is 22.4 Å². The number of ether oxygens (including phenoxy) is 4. The Morgan fingerprint density at radius 3 is 1.85 bits per heavy atom. The van der Waals surface area contributed by atoms with E-state index in [-0.39, 0.29) is 37.4 Å². The predicted molar refractivity (Wildman–Crippen MR) is 165 cm³/mol. The summed E-state index contributed by atoms with van der Waals surface area (Å²) < 4.78 is 80.3. The number of carbonyl (C=O) groups is 1. The number of hydrogen-bond donors (Lipinski definition) is 1. The van der Waals surface area contributed by atoms with E-state index in [0.717, 1.165) is 46.9 Å². The van der Waals surface area contributed by atoms with E-state index >= 15 is 0 Å². The number of benzene rings is 4. The van der Waals surface area contributed by atoms with Crippen LogP contribution in [0.5, 0.6) is 5.75 Å². The monoisotopic (exact) mass is 653 g/mol. The smallest absolute Gasteiger partial charge is 0.407 e. The molecule has 1 aliphatic heterocycles. The number of likely N-dealkylation sites (tertiary alicyclic amines) is 1. The SMILES string of the molecule is O=C(O)N1C[C@H](OCc2cc(F)ccc2F)[C@H](c2ccc(OCCCOCc3ccccc3)cc2)[C@H](OCc2cc(F)ccc2F)C1. The number of piperidine rings is 1. The van der Waals surface area contributed by atoms with E-state index in [4.69, 9.17) is 18.9 Å². The van der Waals surface area contributed by atoms with Crippen LogP contribution in [0.15, 0.2) is 91.0 Å². The van der Waals surface area contributed by atoms with Crippen molar-refractivity contribution in [2.75, 3.05) is 26.3 Å². The summed E-state index contributed by atoms with van der Waals surface area (Å²) in [6.07, 6.45) is -2.30. The minimum atomic E-state index is -1.24. The van der Waals surface area contributed by atoms with Gasteiger partial charge in [0.25, 0.3) is 0 Å². The van der Waals surface area contributed by atoms with Gasteiger partial charge in [0.15, 0.2) is 0 Å².